The Morgan fingerprint density at radius 2 is 1.74 bits per heavy atom. The zero-order valence-electron chi connectivity index (χ0n) is 12.5. The van der Waals surface area contributed by atoms with Crippen LogP contribution in [0.5, 0.6) is 11.5 Å². The fourth-order valence-corrected chi connectivity index (χ4v) is 2.33. The first-order chi connectivity index (χ1) is 10.9. The highest BCUT2D eigenvalue weighted by Gasteiger charge is 2.18. The molecule has 0 aliphatic rings. The highest BCUT2D eigenvalue weighted by Crippen LogP contribution is 2.36. The minimum atomic E-state index is -0.946. The van der Waals surface area contributed by atoms with E-state index in [4.69, 9.17) is 4.42 Å². The van der Waals surface area contributed by atoms with Gasteiger partial charge in [0.1, 0.15) is 17.0 Å². The molecule has 0 aliphatic heterocycles. The SMILES string of the molecule is CN(C)c1ccc(-c2cc(=O)c3c(F)cc(O)c(O)c3o2)cc1. The van der Waals surface area contributed by atoms with Crippen LogP contribution in [-0.2, 0) is 0 Å². The largest absolute Gasteiger partial charge is 0.504 e. The molecule has 0 aliphatic carbocycles. The van der Waals surface area contributed by atoms with Gasteiger partial charge in [0.15, 0.2) is 16.8 Å². The summed E-state index contributed by atoms with van der Waals surface area (Å²) in [6, 6.07) is 9.00. The summed E-state index contributed by atoms with van der Waals surface area (Å²) < 4.78 is 19.3. The second kappa shape index (κ2) is 5.31. The van der Waals surface area contributed by atoms with Crippen molar-refractivity contribution in [1.82, 2.24) is 0 Å². The third kappa shape index (κ3) is 2.48. The van der Waals surface area contributed by atoms with Gasteiger partial charge in [0.2, 0.25) is 5.75 Å². The number of hydrogen-bond donors (Lipinski definition) is 2. The standard InChI is InChI=1S/C17H14FNO4/c1-19(2)10-5-3-9(4-6-10)14-8-12(20)15-11(18)7-13(21)16(22)17(15)23-14/h3-8,21-22H,1-2H3. The Labute approximate surface area is 130 Å². The van der Waals surface area contributed by atoms with Crippen LogP contribution in [0.3, 0.4) is 0 Å². The molecule has 2 N–H and O–H groups in total. The molecule has 118 valence electrons. The smallest absolute Gasteiger partial charge is 0.202 e. The highest BCUT2D eigenvalue weighted by molar-refractivity contribution is 5.86. The monoisotopic (exact) mass is 315 g/mol. The zero-order valence-corrected chi connectivity index (χ0v) is 12.5. The molecule has 0 amide bonds. The third-order valence-electron chi connectivity index (χ3n) is 3.58. The Balaban J connectivity index is 2.23. The van der Waals surface area contributed by atoms with Crippen LogP contribution in [0.1, 0.15) is 0 Å². The number of hydrogen-bond acceptors (Lipinski definition) is 5. The summed E-state index contributed by atoms with van der Waals surface area (Å²) in [5.74, 6) is -2.12. The Bertz CT molecular complexity index is 945. The molecule has 3 rings (SSSR count). The van der Waals surface area contributed by atoms with Crippen molar-refractivity contribution in [2.24, 2.45) is 0 Å². The van der Waals surface area contributed by atoms with Crippen LogP contribution in [0.15, 0.2) is 45.6 Å². The van der Waals surface area contributed by atoms with E-state index in [1.807, 2.05) is 31.1 Å². The maximum atomic E-state index is 13.8. The molecule has 0 atom stereocenters. The van der Waals surface area contributed by atoms with Crippen molar-refractivity contribution in [3.63, 3.8) is 0 Å². The number of phenolic OH excluding ortho intramolecular Hbond substituents is 2. The fraction of sp³-hybridized carbons (Fsp3) is 0.118. The average Bonchev–Trinajstić information content (AvgIpc) is 2.52. The summed E-state index contributed by atoms with van der Waals surface area (Å²) in [5, 5.41) is 18.9. The topological polar surface area (TPSA) is 73.9 Å². The molecule has 1 aromatic heterocycles. The first-order valence-corrected chi connectivity index (χ1v) is 6.84. The number of halogens is 1. The summed E-state index contributed by atoms with van der Waals surface area (Å²) in [5.41, 5.74) is 0.550. The molecule has 3 aromatic rings. The van der Waals surface area contributed by atoms with E-state index in [0.29, 0.717) is 11.6 Å². The van der Waals surface area contributed by atoms with Crippen LogP contribution < -0.4 is 10.3 Å². The quantitative estimate of drug-likeness (QED) is 0.711. The number of phenols is 2. The van der Waals surface area contributed by atoms with Gasteiger partial charge < -0.3 is 19.5 Å². The van der Waals surface area contributed by atoms with E-state index >= 15 is 0 Å². The van der Waals surface area contributed by atoms with Gasteiger partial charge in [0, 0.05) is 37.5 Å². The van der Waals surface area contributed by atoms with Gasteiger partial charge in [-0.2, -0.15) is 0 Å². The van der Waals surface area contributed by atoms with Gasteiger partial charge in [-0.1, -0.05) is 0 Å². The molecule has 0 bridgehead atoms. The summed E-state index contributed by atoms with van der Waals surface area (Å²) in [4.78, 5) is 14.0. The van der Waals surface area contributed by atoms with Crippen molar-refractivity contribution in [2.75, 3.05) is 19.0 Å². The van der Waals surface area contributed by atoms with Crippen LogP contribution in [0, 0.1) is 5.82 Å². The summed E-state index contributed by atoms with van der Waals surface area (Å²) >= 11 is 0. The first-order valence-electron chi connectivity index (χ1n) is 6.84. The predicted molar refractivity (Wildman–Crippen MR) is 85.5 cm³/mol. The lowest BCUT2D eigenvalue weighted by Crippen LogP contribution is -2.08. The van der Waals surface area contributed by atoms with E-state index in [0.717, 1.165) is 11.8 Å². The number of anilines is 1. The van der Waals surface area contributed by atoms with Gasteiger partial charge in [0.25, 0.3) is 0 Å². The Kier molecular flexibility index (Phi) is 3.44. The second-order valence-electron chi connectivity index (χ2n) is 5.35. The second-order valence-corrected chi connectivity index (χ2v) is 5.35. The first kappa shape index (κ1) is 14.9. The van der Waals surface area contributed by atoms with Gasteiger partial charge >= 0.3 is 0 Å². The molecule has 6 heteroatoms. The number of rotatable bonds is 2. The number of aromatic hydroxyl groups is 2. The molecule has 0 radical (unpaired) electrons. The molecular weight excluding hydrogens is 301 g/mol. The lowest BCUT2D eigenvalue weighted by molar-refractivity contribution is 0.396. The summed E-state index contributed by atoms with van der Waals surface area (Å²) in [7, 11) is 3.80. The van der Waals surface area contributed by atoms with Gasteiger partial charge in [-0.25, -0.2) is 4.39 Å². The molecule has 0 fully saturated rings. The highest BCUT2D eigenvalue weighted by atomic mass is 19.1. The minimum absolute atomic E-state index is 0.174. The van der Waals surface area contributed by atoms with Crippen molar-refractivity contribution in [3.05, 3.63) is 52.4 Å². The van der Waals surface area contributed by atoms with Gasteiger partial charge in [0.05, 0.1) is 0 Å². The maximum Gasteiger partial charge on any atom is 0.202 e. The van der Waals surface area contributed by atoms with Gasteiger partial charge in [-0.05, 0) is 24.3 Å². The number of benzene rings is 2. The molecule has 5 nitrogen and oxygen atoms in total. The Morgan fingerprint density at radius 3 is 2.35 bits per heavy atom. The van der Waals surface area contributed by atoms with E-state index < -0.39 is 28.1 Å². The number of fused-ring (bicyclic) bond motifs is 1. The van der Waals surface area contributed by atoms with Crippen molar-refractivity contribution in [3.8, 4) is 22.8 Å². The minimum Gasteiger partial charge on any atom is -0.504 e. The van der Waals surface area contributed by atoms with E-state index in [2.05, 4.69) is 0 Å². The van der Waals surface area contributed by atoms with Crippen LogP contribution in [0.4, 0.5) is 10.1 Å². The van der Waals surface area contributed by atoms with Crippen molar-refractivity contribution >= 4 is 16.7 Å². The van der Waals surface area contributed by atoms with Crippen molar-refractivity contribution < 1.29 is 19.0 Å². The van der Waals surface area contributed by atoms with Crippen molar-refractivity contribution in [1.29, 1.82) is 0 Å². The molecule has 0 spiro atoms. The van der Waals surface area contributed by atoms with E-state index in [1.165, 1.54) is 0 Å². The summed E-state index contributed by atoms with van der Waals surface area (Å²) in [6.07, 6.45) is 0. The predicted octanol–water partition coefficient (Wildman–Crippen LogP) is 3.08. The summed E-state index contributed by atoms with van der Waals surface area (Å²) in [6.45, 7) is 0. The average molecular weight is 315 g/mol. The lowest BCUT2D eigenvalue weighted by Gasteiger charge is -2.12. The third-order valence-corrected chi connectivity index (χ3v) is 3.58. The van der Waals surface area contributed by atoms with Gasteiger partial charge in [-0.15, -0.1) is 0 Å². The van der Waals surface area contributed by atoms with Crippen LogP contribution in [0.25, 0.3) is 22.3 Å². The van der Waals surface area contributed by atoms with E-state index in [1.54, 1.807) is 12.1 Å². The molecule has 23 heavy (non-hydrogen) atoms. The van der Waals surface area contributed by atoms with E-state index in [9.17, 15) is 19.4 Å². The molecule has 0 saturated heterocycles. The Hall–Kier alpha value is -3.02. The van der Waals surface area contributed by atoms with Gasteiger partial charge in [-0.3, -0.25) is 4.79 Å². The molecular formula is C17H14FNO4. The lowest BCUT2D eigenvalue weighted by atomic mass is 10.1. The fourth-order valence-electron chi connectivity index (χ4n) is 2.33. The van der Waals surface area contributed by atoms with Crippen molar-refractivity contribution in [2.45, 2.75) is 0 Å². The van der Waals surface area contributed by atoms with E-state index in [-0.39, 0.29) is 11.3 Å². The zero-order chi connectivity index (χ0) is 16.7. The maximum absolute atomic E-state index is 13.8. The van der Waals surface area contributed by atoms with Crippen LogP contribution in [0.2, 0.25) is 0 Å². The normalized spacial score (nSPS) is 10.9. The number of nitrogens with zero attached hydrogens (tertiary/aromatic N) is 1. The molecule has 1 heterocycles. The molecule has 0 unspecified atom stereocenters. The van der Waals surface area contributed by atoms with Crippen LogP contribution >= 0.6 is 0 Å². The van der Waals surface area contributed by atoms with Crippen LogP contribution in [-0.4, -0.2) is 24.3 Å². The molecule has 0 saturated carbocycles. The molecule has 2 aromatic carbocycles. The Morgan fingerprint density at radius 1 is 1.09 bits per heavy atom.